The quantitative estimate of drug-likeness (QED) is 0.873. The van der Waals surface area contributed by atoms with E-state index < -0.39 is 0 Å². The average Bonchev–Trinajstić information content (AvgIpc) is 2.96. The first-order valence-corrected chi connectivity index (χ1v) is 7.23. The molecule has 106 valence electrons. The lowest BCUT2D eigenvalue weighted by molar-refractivity contribution is 0.0944. The van der Waals surface area contributed by atoms with E-state index in [9.17, 15) is 4.79 Å². The van der Waals surface area contributed by atoms with Crippen LogP contribution in [0.4, 0.5) is 0 Å². The summed E-state index contributed by atoms with van der Waals surface area (Å²) < 4.78 is 11.6. The molecule has 5 heteroatoms. The number of benzene rings is 1. The van der Waals surface area contributed by atoms with E-state index >= 15 is 0 Å². The van der Waals surface area contributed by atoms with Crippen LogP contribution in [-0.4, -0.2) is 12.5 Å². The Balaban J connectivity index is 2.08. The first-order valence-electron chi connectivity index (χ1n) is 6.43. The fourth-order valence-electron chi connectivity index (χ4n) is 1.69. The highest BCUT2D eigenvalue weighted by atomic mass is 79.9. The van der Waals surface area contributed by atoms with E-state index in [-0.39, 0.29) is 5.91 Å². The molecule has 0 aliphatic rings. The predicted octanol–water partition coefficient (Wildman–Crippen LogP) is 3.76. The second-order valence-electron chi connectivity index (χ2n) is 4.25. The molecule has 0 unspecified atom stereocenters. The van der Waals surface area contributed by atoms with E-state index in [0.29, 0.717) is 30.2 Å². The summed E-state index contributed by atoms with van der Waals surface area (Å²) >= 11 is 3.37. The van der Waals surface area contributed by atoms with Gasteiger partial charge in [-0.2, -0.15) is 0 Å². The Morgan fingerprint density at radius 3 is 2.95 bits per heavy atom. The van der Waals surface area contributed by atoms with E-state index in [2.05, 4.69) is 21.2 Å². The van der Waals surface area contributed by atoms with Gasteiger partial charge < -0.3 is 14.5 Å². The van der Waals surface area contributed by atoms with Crippen molar-refractivity contribution in [3.8, 4) is 5.75 Å². The lowest BCUT2D eigenvalue weighted by atomic mass is 10.2. The van der Waals surface area contributed by atoms with Crippen molar-refractivity contribution in [3.05, 3.63) is 52.4 Å². The highest BCUT2D eigenvalue weighted by molar-refractivity contribution is 9.10. The van der Waals surface area contributed by atoms with Crippen LogP contribution in [-0.2, 0) is 6.54 Å². The summed E-state index contributed by atoms with van der Waals surface area (Å²) in [4.78, 5) is 12.2. The number of carbonyl (C=O) groups is 1. The Hall–Kier alpha value is -1.75. The molecule has 4 nitrogen and oxygen atoms in total. The zero-order valence-corrected chi connectivity index (χ0v) is 12.8. The van der Waals surface area contributed by atoms with E-state index in [1.165, 1.54) is 0 Å². The molecule has 1 heterocycles. The fourth-order valence-corrected chi connectivity index (χ4v) is 2.05. The van der Waals surface area contributed by atoms with Crippen LogP contribution in [0, 0.1) is 0 Å². The van der Waals surface area contributed by atoms with E-state index in [1.807, 2.05) is 19.1 Å². The van der Waals surface area contributed by atoms with Gasteiger partial charge in [-0.3, -0.25) is 4.79 Å². The maximum Gasteiger partial charge on any atom is 0.255 e. The molecule has 0 radical (unpaired) electrons. The molecule has 20 heavy (non-hydrogen) atoms. The van der Waals surface area contributed by atoms with E-state index in [0.717, 1.165) is 10.9 Å². The number of halogens is 1. The van der Waals surface area contributed by atoms with Crippen molar-refractivity contribution in [2.45, 2.75) is 19.9 Å². The summed E-state index contributed by atoms with van der Waals surface area (Å²) in [6.07, 6.45) is 2.47. The standard InChI is InChI=1S/C15H16BrNO3/c1-2-7-20-14-6-5-11(16)9-13(14)15(18)17-10-12-4-3-8-19-12/h3-6,8-9H,2,7,10H2,1H3,(H,17,18). The van der Waals surface area contributed by atoms with Crippen molar-refractivity contribution < 1.29 is 13.9 Å². The van der Waals surface area contributed by atoms with Crippen LogP contribution in [0.15, 0.2) is 45.5 Å². The zero-order valence-electron chi connectivity index (χ0n) is 11.2. The molecule has 2 rings (SSSR count). The number of nitrogens with one attached hydrogen (secondary N) is 1. The number of amides is 1. The van der Waals surface area contributed by atoms with Crippen LogP contribution in [0.25, 0.3) is 0 Å². The van der Waals surface area contributed by atoms with Crippen molar-refractivity contribution in [3.63, 3.8) is 0 Å². The summed E-state index contributed by atoms with van der Waals surface area (Å²) in [6.45, 7) is 2.96. The highest BCUT2D eigenvalue weighted by Crippen LogP contribution is 2.23. The minimum Gasteiger partial charge on any atom is -0.493 e. The van der Waals surface area contributed by atoms with Gasteiger partial charge in [-0.15, -0.1) is 0 Å². The molecular formula is C15H16BrNO3. The van der Waals surface area contributed by atoms with E-state index in [1.54, 1.807) is 24.5 Å². The summed E-state index contributed by atoms with van der Waals surface area (Å²) in [6, 6.07) is 9.00. The number of rotatable bonds is 6. The van der Waals surface area contributed by atoms with Crippen molar-refractivity contribution >= 4 is 21.8 Å². The van der Waals surface area contributed by atoms with Crippen LogP contribution < -0.4 is 10.1 Å². The molecule has 2 aromatic rings. The van der Waals surface area contributed by atoms with Gasteiger partial charge in [0.25, 0.3) is 5.91 Å². The molecule has 0 aliphatic carbocycles. The molecule has 1 amide bonds. The normalized spacial score (nSPS) is 10.3. The first kappa shape index (κ1) is 14.7. The minimum atomic E-state index is -0.186. The predicted molar refractivity (Wildman–Crippen MR) is 79.8 cm³/mol. The third-order valence-corrected chi connectivity index (χ3v) is 3.14. The van der Waals surface area contributed by atoms with Gasteiger partial charge in [-0.05, 0) is 36.8 Å². The summed E-state index contributed by atoms with van der Waals surface area (Å²) in [5, 5.41) is 2.81. The van der Waals surface area contributed by atoms with Gasteiger partial charge in [-0.1, -0.05) is 22.9 Å². The second-order valence-corrected chi connectivity index (χ2v) is 5.17. The largest absolute Gasteiger partial charge is 0.493 e. The maximum atomic E-state index is 12.2. The van der Waals surface area contributed by atoms with Crippen LogP contribution in [0.2, 0.25) is 0 Å². The fraction of sp³-hybridized carbons (Fsp3) is 0.267. The minimum absolute atomic E-state index is 0.186. The van der Waals surface area contributed by atoms with Gasteiger partial charge in [0.1, 0.15) is 11.5 Å². The first-order chi connectivity index (χ1) is 9.70. The lowest BCUT2D eigenvalue weighted by Crippen LogP contribution is -2.23. The molecule has 1 aromatic carbocycles. The third kappa shape index (κ3) is 3.87. The molecule has 0 saturated carbocycles. The highest BCUT2D eigenvalue weighted by Gasteiger charge is 2.13. The summed E-state index contributed by atoms with van der Waals surface area (Å²) in [5.41, 5.74) is 0.513. The molecule has 1 N–H and O–H groups in total. The number of carbonyl (C=O) groups excluding carboxylic acids is 1. The van der Waals surface area contributed by atoms with Crippen LogP contribution in [0.5, 0.6) is 5.75 Å². The van der Waals surface area contributed by atoms with Crippen LogP contribution in [0.3, 0.4) is 0 Å². The van der Waals surface area contributed by atoms with Gasteiger partial charge in [0, 0.05) is 4.47 Å². The summed E-state index contributed by atoms with van der Waals surface area (Å²) in [5.74, 6) is 1.12. The van der Waals surface area contributed by atoms with Gasteiger partial charge in [0.2, 0.25) is 0 Å². The van der Waals surface area contributed by atoms with Crippen molar-refractivity contribution in [1.29, 1.82) is 0 Å². The van der Waals surface area contributed by atoms with Gasteiger partial charge in [0.15, 0.2) is 0 Å². The topological polar surface area (TPSA) is 51.5 Å². The molecule has 0 bridgehead atoms. The Bertz CT molecular complexity index is 567. The molecule has 0 fully saturated rings. The number of hydrogen-bond donors (Lipinski definition) is 1. The summed E-state index contributed by atoms with van der Waals surface area (Å²) in [7, 11) is 0. The maximum absolute atomic E-state index is 12.2. The zero-order chi connectivity index (χ0) is 14.4. The molecule has 0 atom stereocenters. The Labute approximate surface area is 126 Å². The average molecular weight is 338 g/mol. The molecule has 1 aromatic heterocycles. The number of hydrogen-bond acceptors (Lipinski definition) is 3. The van der Waals surface area contributed by atoms with E-state index in [4.69, 9.17) is 9.15 Å². The number of furan rings is 1. The second kappa shape index (κ2) is 7.14. The monoisotopic (exact) mass is 337 g/mol. The van der Waals surface area contributed by atoms with Gasteiger partial charge in [0.05, 0.1) is 25.0 Å². The smallest absolute Gasteiger partial charge is 0.255 e. The lowest BCUT2D eigenvalue weighted by Gasteiger charge is -2.11. The van der Waals surface area contributed by atoms with Crippen LogP contribution >= 0.6 is 15.9 Å². The van der Waals surface area contributed by atoms with Gasteiger partial charge in [-0.25, -0.2) is 0 Å². The molecule has 0 aliphatic heterocycles. The van der Waals surface area contributed by atoms with Crippen LogP contribution in [0.1, 0.15) is 29.5 Å². The third-order valence-electron chi connectivity index (χ3n) is 2.65. The molecular weight excluding hydrogens is 322 g/mol. The SMILES string of the molecule is CCCOc1ccc(Br)cc1C(=O)NCc1ccco1. The van der Waals surface area contributed by atoms with Crippen molar-refractivity contribution in [2.75, 3.05) is 6.61 Å². The van der Waals surface area contributed by atoms with Crippen molar-refractivity contribution in [1.82, 2.24) is 5.32 Å². The van der Waals surface area contributed by atoms with Crippen molar-refractivity contribution in [2.24, 2.45) is 0 Å². The van der Waals surface area contributed by atoms with Gasteiger partial charge >= 0.3 is 0 Å². The molecule has 0 spiro atoms. The Kier molecular flexibility index (Phi) is 5.24. The Morgan fingerprint density at radius 2 is 2.25 bits per heavy atom. The molecule has 0 saturated heterocycles. The Morgan fingerprint density at radius 1 is 1.40 bits per heavy atom. The number of ether oxygens (including phenoxy) is 1.